The minimum absolute atomic E-state index is 0.238. The van der Waals surface area contributed by atoms with E-state index >= 15 is 0 Å². The molecule has 3 fully saturated rings. The van der Waals surface area contributed by atoms with Crippen molar-refractivity contribution in [1.82, 2.24) is 13.3 Å². The van der Waals surface area contributed by atoms with Crippen LogP contribution in [0.2, 0.25) is 0 Å². The van der Waals surface area contributed by atoms with Gasteiger partial charge in [-0.1, -0.05) is 0 Å². The monoisotopic (exact) mass is 353 g/mol. The molecule has 10 heteroatoms. The zero-order chi connectivity index (χ0) is 15.8. The smallest absolute Gasteiger partial charge is 0.279 e. The van der Waals surface area contributed by atoms with Crippen LogP contribution in [0.1, 0.15) is 25.7 Å². The Balaban J connectivity index is 1.62. The third-order valence-electron chi connectivity index (χ3n) is 4.32. The topological polar surface area (TPSA) is 96.0 Å². The van der Waals surface area contributed by atoms with Gasteiger partial charge in [-0.25, -0.2) is 12.7 Å². The van der Waals surface area contributed by atoms with E-state index in [0.29, 0.717) is 45.7 Å². The predicted octanol–water partition coefficient (Wildman–Crippen LogP) is -0.890. The molecule has 0 aromatic carbocycles. The van der Waals surface area contributed by atoms with Gasteiger partial charge in [0.25, 0.3) is 10.2 Å². The first-order valence-corrected chi connectivity index (χ1v) is 10.7. The van der Waals surface area contributed by atoms with Crippen molar-refractivity contribution in [2.75, 3.05) is 39.4 Å². The lowest BCUT2D eigenvalue weighted by molar-refractivity contribution is 0.0721. The van der Waals surface area contributed by atoms with E-state index in [1.54, 1.807) is 0 Å². The third-order valence-corrected chi connectivity index (χ3v) is 8.36. The Kier molecular flexibility index (Phi) is 4.77. The van der Waals surface area contributed by atoms with Crippen molar-refractivity contribution in [1.29, 1.82) is 0 Å². The van der Waals surface area contributed by atoms with Crippen molar-refractivity contribution in [3.63, 3.8) is 0 Å². The van der Waals surface area contributed by atoms with E-state index in [4.69, 9.17) is 4.74 Å². The van der Waals surface area contributed by atoms with Crippen molar-refractivity contribution < 1.29 is 21.6 Å². The molecule has 8 nitrogen and oxygen atoms in total. The summed E-state index contributed by atoms with van der Waals surface area (Å²) in [6, 6.07) is -0.352. The molecular weight excluding hydrogens is 330 g/mol. The molecule has 0 unspecified atom stereocenters. The van der Waals surface area contributed by atoms with Gasteiger partial charge in [-0.15, -0.1) is 0 Å². The number of nitrogens with one attached hydrogen (secondary N) is 1. The molecule has 0 bridgehead atoms. The second-order valence-electron chi connectivity index (χ2n) is 6.08. The quantitative estimate of drug-likeness (QED) is 0.692. The van der Waals surface area contributed by atoms with Gasteiger partial charge in [-0.05, 0) is 25.7 Å². The molecule has 0 radical (unpaired) electrons. The van der Waals surface area contributed by atoms with Crippen molar-refractivity contribution in [2.45, 2.75) is 37.0 Å². The molecule has 22 heavy (non-hydrogen) atoms. The second kappa shape index (κ2) is 6.33. The Bertz CT molecular complexity index is 596. The highest BCUT2D eigenvalue weighted by atomic mass is 32.2. The van der Waals surface area contributed by atoms with E-state index in [-0.39, 0.29) is 17.8 Å². The van der Waals surface area contributed by atoms with E-state index in [1.807, 2.05) is 0 Å². The summed E-state index contributed by atoms with van der Waals surface area (Å²) in [5, 5.41) is -0.248. The van der Waals surface area contributed by atoms with Crippen LogP contribution in [0.25, 0.3) is 0 Å². The van der Waals surface area contributed by atoms with E-state index in [9.17, 15) is 16.8 Å². The molecule has 1 N–H and O–H groups in total. The first kappa shape index (κ1) is 16.6. The molecule has 1 atom stereocenters. The van der Waals surface area contributed by atoms with Crippen LogP contribution in [-0.4, -0.2) is 76.1 Å². The summed E-state index contributed by atoms with van der Waals surface area (Å²) in [5.41, 5.74) is 0. The van der Waals surface area contributed by atoms with Crippen molar-refractivity contribution in [3.05, 3.63) is 0 Å². The van der Waals surface area contributed by atoms with Gasteiger partial charge in [0.2, 0.25) is 10.0 Å². The summed E-state index contributed by atoms with van der Waals surface area (Å²) in [4.78, 5) is 0. The van der Waals surface area contributed by atoms with Gasteiger partial charge in [0.15, 0.2) is 0 Å². The zero-order valence-corrected chi connectivity index (χ0v) is 14.1. The molecule has 0 spiro atoms. The van der Waals surface area contributed by atoms with Gasteiger partial charge in [-0.3, -0.25) is 0 Å². The summed E-state index contributed by atoms with van der Waals surface area (Å²) in [7, 11) is -6.81. The second-order valence-corrected chi connectivity index (χ2v) is 9.99. The SMILES string of the molecule is O=S(=O)(N[C@@H]1CCCN(S(=O)(=O)C2CC2)C1)N1CCOCC1. The number of morpholine rings is 1. The largest absolute Gasteiger partial charge is 0.379 e. The lowest BCUT2D eigenvalue weighted by atomic mass is 10.1. The number of hydrogen-bond donors (Lipinski definition) is 1. The third kappa shape index (κ3) is 3.62. The van der Waals surface area contributed by atoms with Gasteiger partial charge in [0.1, 0.15) is 0 Å². The number of sulfonamides is 1. The molecule has 2 saturated heterocycles. The maximum Gasteiger partial charge on any atom is 0.279 e. The fourth-order valence-corrected chi connectivity index (χ4v) is 6.24. The minimum Gasteiger partial charge on any atom is -0.379 e. The average molecular weight is 353 g/mol. The van der Waals surface area contributed by atoms with Crippen molar-refractivity contribution in [2.24, 2.45) is 0 Å². The Morgan fingerprint density at radius 2 is 1.59 bits per heavy atom. The molecule has 2 aliphatic heterocycles. The Morgan fingerprint density at radius 3 is 2.23 bits per heavy atom. The van der Waals surface area contributed by atoms with E-state index in [1.165, 1.54) is 8.61 Å². The molecule has 1 aliphatic carbocycles. The molecule has 1 saturated carbocycles. The highest BCUT2D eigenvalue weighted by Gasteiger charge is 2.42. The normalized spacial score (nSPS) is 29.5. The summed E-state index contributed by atoms with van der Waals surface area (Å²) in [5.74, 6) is 0. The van der Waals surface area contributed by atoms with E-state index in [0.717, 1.165) is 12.8 Å². The summed E-state index contributed by atoms with van der Waals surface area (Å²) in [6.07, 6.45) is 2.80. The molecule has 0 aromatic rings. The Labute approximate surface area is 132 Å². The molecule has 0 aromatic heterocycles. The van der Waals surface area contributed by atoms with Crippen LogP contribution in [0.5, 0.6) is 0 Å². The minimum atomic E-state index is -3.57. The first-order chi connectivity index (χ1) is 10.4. The Hall–Kier alpha value is -0.260. The van der Waals surface area contributed by atoms with Crippen LogP contribution in [-0.2, 0) is 25.0 Å². The van der Waals surface area contributed by atoms with Crippen LogP contribution < -0.4 is 4.72 Å². The van der Waals surface area contributed by atoms with Gasteiger partial charge >= 0.3 is 0 Å². The lowest BCUT2D eigenvalue weighted by Crippen LogP contribution is -2.54. The highest BCUT2D eigenvalue weighted by Crippen LogP contribution is 2.32. The molecule has 128 valence electrons. The number of ether oxygens (including phenoxy) is 1. The number of rotatable bonds is 5. The Morgan fingerprint density at radius 1 is 0.909 bits per heavy atom. The maximum atomic E-state index is 12.3. The molecule has 0 amide bonds. The number of piperidine rings is 1. The van der Waals surface area contributed by atoms with Crippen LogP contribution in [0.3, 0.4) is 0 Å². The molecular formula is C12H23N3O5S2. The van der Waals surface area contributed by atoms with Crippen molar-refractivity contribution >= 4 is 20.2 Å². The molecule has 2 heterocycles. The summed E-state index contributed by atoms with van der Waals surface area (Å²) < 4.78 is 59.9. The van der Waals surface area contributed by atoms with Gasteiger partial charge < -0.3 is 4.74 Å². The zero-order valence-electron chi connectivity index (χ0n) is 12.5. The van der Waals surface area contributed by atoms with Crippen LogP contribution in [0.4, 0.5) is 0 Å². The highest BCUT2D eigenvalue weighted by molar-refractivity contribution is 7.90. The first-order valence-electron chi connectivity index (χ1n) is 7.74. The van der Waals surface area contributed by atoms with Crippen molar-refractivity contribution in [3.8, 4) is 0 Å². The lowest BCUT2D eigenvalue weighted by Gasteiger charge is -2.34. The number of hydrogen-bond acceptors (Lipinski definition) is 5. The van der Waals surface area contributed by atoms with Gasteiger partial charge in [0, 0.05) is 32.2 Å². The fourth-order valence-electron chi connectivity index (χ4n) is 2.92. The number of nitrogens with zero attached hydrogens (tertiary/aromatic N) is 2. The standard InChI is InChI=1S/C12H23N3O5S2/c16-21(17,12-3-4-12)15-5-1-2-11(10-15)13-22(18,19)14-6-8-20-9-7-14/h11-13H,1-10H2/t11-/m1/s1. The van der Waals surface area contributed by atoms with Crippen LogP contribution >= 0.6 is 0 Å². The van der Waals surface area contributed by atoms with E-state index in [2.05, 4.69) is 4.72 Å². The molecule has 3 rings (SSSR count). The van der Waals surface area contributed by atoms with E-state index < -0.39 is 20.2 Å². The predicted molar refractivity (Wildman–Crippen MR) is 81.0 cm³/mol. The summed E-state index contributed by atoms with van der Waals surface area (Å²) in [6.45, 7) is 2.21. The van der Waals surface area contributed by atoms with Gasteiger partial charge in [-0.2, -0.15) is 17.4 Å². The molecule has 3 aliphatic rings. The van der Waals surface area contributed by atoms with Crippen LogP contribution in [0.15, 0.2) is 0 Å². The van der Waals surface area contributed by atoms with Gasteiger partial charge in [0.05, 0.1) is 18.5 Å². The van der Waals surface area contributed by atoms with Crippen LogP contribution in [0, 0.1) is 0 Å². The fraction of sp³-hybridized carbons (Fsp3) is 1.00. The maximum absolute atomic E-state index is 12.3. The summed E-state index contributed by atoms with van der Waals surface area (Å²) >= 11 is 0. The average Bonchev–Trinajstić information content (AvgIpc) is 3.33.